The maximum absolute atomic E-state index is 8.58. The molecule has 1 aliphatic carbocycles. The van der Waals surface area contributed by atoms with E-state index >= 15 is 0 Å². The Morgan fingerprint density at radius 1 is 1.44 bits per heavy atom. The highest BCUT2D eigenvalue weighted by atomic mass is 16.4. The maximum atomic E-state index is 8.58. The Bertz CT molecular complexity index is 224. The molecule has 0 bridgehead atoms. The van der Waals surface area contributed by atoms with Gasteiger partial charge in [-0.2, -0.15) is 0 Å². The molecule has 4 nitrogen and oxygen atoms in total. The highest BCUT2D eigenvalue weighted by molar-refractivity contribution is 5.82. The molecular weight excluding hydrogens is 202 g/mol. The van der Waals surface area contributed by atoms with Gasteiger partial charge in [0.25, 0.3) is 0 Å². The number of nitrogens with two attached hydrogens (primary N) is 1. The summed E-state index contributed by atoms with van der Waals surface area (Å²) in [6.07, 6.45) is 6.90. The molecule has 94 valence electrons. The van der Waals surface area contributed by atoms with Crippen molar-refractivity contribution in [3.63, 3.8) is 0 Å². The number of rotatable bonds is 5. The van der Waals surface area contributed by atoms with Gasteiger partial charge in [-0.05, 0) is 25.8 Å². The molecule has 1 saturated carbocycles. The van der Waals surface area contributed by atoms with E-state index in [9.17, 15) is 0 Å². The zero-order chi connectivity index (χ0) is 12.0. The lowest BCUT2D eigenvalue weighted by Crippen LogP contribution is -2.35. The van der Waals surface area contributed by atoms with Gasteiger partial charge in [-0.3, -0.25) is 0 Å². The maximum Gasteiger partial charge on any atom is 0.143 e. The summed E-state index contributed by atoms with van der Waals surface area (Å²) >= 11 is 0. The van der Waals surface area contributed by atoms with Crippen LogP contribution in [0.25, 0.3) is 0 Å². The van der Waals surface area contributed by atoms with E-state index < -0.39 is 0 Å². The first-order valence-electron chi connectivity index (χ1n) is 6.29. The molecule has 1 unspecified atom stereocenters. The number of hydrogen-bond donors (Lipinski definition) is 2. The summed E-state index contributed by atoms with van der Waals surface area (Å²) in [7, 11) is 2.12. The quantitative estimate of drug-likeness (QED) is 0.326. The Labute approximate surface area is 98.5 Å². The van der Waals surface area contributed by atoms with Crippen molar-refractivity contribution in [2.75, 3.05) is 20.1 Å². The van der Waals surface area contributed by atoms with Crippen LogP contribution in [0, 0.1) is 11.8 Å². The van der Waals surface area contributed by atoms with E-state index in [1.807, 2.05) is 6.92 Å². The molecule has 0 aromatic carbocycles. The minimum atomic E-state index is 0.124. The van der Waals surface area contributed by atoms with Crippen LogP contribution in [0.5, 0.6) is 0 Å². The van der Waals surface area contributed by atoms with Crippen molar-refractivity contribution in [1.82, 2.24) is 4.90 Å². The van der Waals surface area contributed by atoms with Crippen molar-refractivity contribution >= 4 is 5.84 Å². The number of amidine groups is 1. The molecule has 16 heavy (non-hydrogen) atoms. The zero-order valence-electron chi connectivity index (χ0n) is 10.5. The van der Waals surface area contributed by atoms with Crippen molar-refractivity contribution in [2.45, 2.75) is 39.0 Å². The Hall–Kier alpha value is -0.770. The normalized spacial score (nSPS) is 21.3. The van der Waals surface area contributed by atoms with Gasteiger partial charge < -0.3 is 15.8 Å². The minimum absolute atomic E-state index is 0.124. The van der Waals surface area contributed by atoms with Crippen LogP contribution in [0.15, 0.2) is 5.16 Å². The topological polar surface area (TPSA) is 61.8 Å². The van der Waals surface area contributed by atoms with Crippen molar-refractivity contribution in [3.8, 4) is 0 Å². The van der Waals surface area contributed by atoms with Crippen LogP contribution < -0.4 is 5.73 Å². The predicted octanol–water partition coefficient (Wildman–Crippen LogP) is 1.88. The minimum Gasteiger partial charge on any atom is -0.409 e. The fourth-order valence-corrected chi connectivity index (χ4v) is 2.54. The standard InChI is InChI=1S/C12H25N3O/c1-10(12(13)14-16)8-15(2)9-11-6-4-3-5-7-11/h10-11,16H,3-9H2,1-2H3,(H2,13,14). The molecule has 0 radical (unpaired) electrons. The van der Waals surface area contributed by atoms with Crippen LogP contribution in [-0.2, 0) is 0 Å². The van der Waals surface area contributed by atoms with Crippen molar-refractivity contribution in [3.05, 3.63) is 0 Å². The third-order valence-corrected chi connectivity index (χ3v) is 3.50. The van der Waals surface area contributed by atoms with Crippen LogP contribution in [0.1, 0.15) is 39.0 Å². The van der Waals surface area contributed by atoms with Gasteiger partial charge in [0.05, 0.1) is 0 Å². The van der Waals surface area contributed by atoms with E-state index in [1.165, 1.54) is 32.1 Å². The molecular formula is C12H25N3O. The summed E-state index contributed by atoms with van der Waals surface area (Å²) in [5, 5.41) is 11.6. The molecule has 4 heteroatoms. The molecule has 3 N–H and O–H groups in total. The third-order valence-electron chi connectivity index (χ3n) is 3.50. The van der Waals surface area contributed by atoms with Gasteiger partial charge in [-0.15, -0.1) is 0 Å². The number of hydrogen-bond acceptors (Lipinski definition) is 3. The lowest BCUT2D eigenvalue weighted by atomic mass is 9.89. The summed E-state index contributed by atoms with van der Waals surface area (Å²) in [6, 6.07) is 0. The van der Waals surface area contributed by atoms with Crippen LogP contribution >= 0.6 is 0 Å². The lowest BCUT2D eigenvalue weighted by molar-refractivity contribution is 0.223. The molecule has 0 aromatic heterocycles. The lowest BCUT2D eigenvalue weighted by Gasteiger charge is -2.28. The van der Waals surface area contributed by atoms with Gasteiger partial charge in [0.1, 0.15) is 5.84 Å². The third kappa shape index (κ3) is 4.39. The Balaban J connectivity index is 2.26. The largest absolute Gasteiger partial charge is 0.409 e. The average Bonchev–Trinajstić information content (AvgIpc) is 2.29. The smallest absolute Gasteiger partial charge is 0.143 e. The molecule has 0 aliphatic heterocycles. The Morgan fingerprint density at radius 3 is 2.62 bits per heavy atom. The molecule has 0 saturated heterocycles. The molecule has 0 spiro atoms. The fourth-order valence-electron chi connectivity index (χ4n) is 2.54. The summed E-state index contributed by atoms with van der Waals surface area (Å²) in [5.74, 6) is 1.30. The average molecular weight is 227 g/mol. The van der Waals surface area contributed by atoms with Gasteiger partial charge in [-0.1, -0.05) is 31.3 Å². The van der Waals surface area contributed by atoms with Crippen molar-refractivity contribution < 1.29 is 5.21 Å². The summed E-state index contributed by atoms with van der Waals surface area (Å²) in [5.41, 5.74) is 5.57. The molecule has 1 rings (SSSR count). The highest BCUT2D eigenvalue weighted by Gasteiger charge is 2.17. The van der Waals surface area contributed by atoms with Crippen molar-refractivity contribution in [2.24, 2.45) is 22.7 Å². The summed E-state index contributed by atoms with van der Waals surface area (Å²) in [4.78, 5) is 2.30. The second-order valence-corrected chi connectivity index (χ2v) is 5.15. The molecule has 1 fully saturated rings. The SMILES string of the molecule is CC(CN(C)CC1CCCCC1)/C(N)=N/O. The zero-order valence-corrected chi connectivity index (χ0v) is 10.5. The predicted molar refractivity (Wildman–Crippen MR) is 66.6 cm³/mol. The van der Waals surface area contributed by atoms with Gasteiger partial charge in [-0.25, -0.2) is 0 Å². The van der Waals surface area contributed by atoms with Gasteiger partial charge in [0.2, 0.25) is 0 Å². The number of oxime groups is 1. The van der Waals surface area contributed by atoms with E-state index in [2.05, 4.69) is 17.1 Å². The number of nitrogens with zero attached hydrogens (tertiary/aromatic N) is 2. The molecule has 0 amide bonds. The highest BCUT2D eigenvalue weighted by Crippen LogP contribution is 2.24. The fraction of sp³-hybridized carbons (Fsp3) is 0.917. The van der Waals surface area contributed by atoms with E-state index in [1.54, 1.807) is 0 Å². The van der Waals surface area contributed by atoms with Gasteiger partial charge in [0.15, 0.2) is 0 Å². The van der Waals surface area contributed by atoms with Crippen molar-refractivity contribution in [1.29, 1.82) is 0 Å². The van der Waals surface area contributed by atoms with Crippen LogP contribution in [0.4, 0.5) is 0 Å². The van der Waals surface area contributed by atoms with E-state index in [0.717, 1.165) is 19.0 Å². The first-order valence-corrected chi connectivity index (χ1v) is 6.29. The van der Waals surface area contributed by atoms with Crippen LogP contribution in [0.2, 0.25) is 0 Å². The molecule has 1 atom stereocenters. The second kappa shape index (κ2) is 6.74. The van der Waals surface area contributed by atoms with Gasteiger partial charge in [0, 0.05) is 19.0 Å². The molecule has 1 aliphatic rings. The molecule has 0 aromatic rings. The second-order valence-electron chi connectivity index (χ2n) is 5.15. The van der Waals surface area contributed by atoms with E-state index in [-0.39, 0.29) is 5.92 Å². The summed E-state index contributed by atoms with van der Waals surface area (Å²) in [6.45, 7) is 4.00. The molecule has 0 heterocycles. The monoisotopic (exact) mass is 227 g/mol. The van der Waals surface area contributed by atoms with Crippen LogP contribution in [-0.4, -0.2) is 36.1 Å². The first-order chi connectivity index (χ1) is 7.63. The van der Waals surface area contributed by atoms with Gasteiger partial charge >= 0.3 is 0 Å². The van der Waals surface area contributed by atoms with E-state index in [4.69, 9.17) is 10.9 Å². The Kier molecular flexibility index (Phi) is 5.60. The Morgan fingerprint density at radius 2 is 2.06 bits per heavy atom. The summed E-state index contributed by atoms with van der Waals surface area (Å²) < 4.78 is 0. The van der Waals surface area contributed by atoms with Crippen LogP contribution in [0.3, 0.4) is 0 Å². The van der Waals surface area contributed by atoms with E-state index in [0.29, 0.717) is 5.84 Å². The first kappa shape index (κ1) is 13.3.